The van der Waals surface area contributed by atoms with Crippen LogP contribution in [0.1, 0.15) is 12.8 Å². The first kappa shape index (κ1) is 12.1. The number of carbonyl (C=O) groups is 1. The van der Waals surface area contributed by atoms with Gasteiger partial charge >= 0.3 is 0 Å². The van der Waals surface area contributed by atoms with Gasteiger partial charge in [-0.2, -0.15) is 0 Å². The summed E-state index contributed by atoms with van der Waals surface area (Å²) in [6.07, 6.45) is 2.33. The monoisotopic (exact) mass is 270 g/mol. The summed E-state index contributed by atoms with van der Waals surface area (Å²) in [4.78, 5) is 15.5. The third kappa shape index (κ3) is 3.53. The van der Waals surface area contributed by atoms with Crippen LogP contribution in [0.3, 0.4) is 0 Å². The number of hydrogen-bond acceptors (Lipinski definition) is 7. The molecule has 1 N–H and O–H groups in total. The molecule has 0 aliphatic carbocycles. The molecule has 0 saturated carbocycles. The summed E-state index contributed by atoms with van der Waals surface area (Å²) in [7, 11) is 0. The molecule has 0 unspecified atom stereocenters. The molecule has 0 spiro atoms. The van der Waals surface area contributed by atoms with Gasteiger partial charge in [-0.15, -0.1) is 21.5 Å². The second-order valence-corrected chi connectivity index (χ2v) is 4.81. The van der Waals surface area contributed by atoms with E-state index in [1.54, 1.807) is 11.6 Å². The van der Waals surface area contributed by atoms with Crippen molar-refractivity contribution >= 4 is 34.1 Å². The van der Waals surface area contributed by atoms with Crippen molar-refractivity contribution in [2.24, 2.45) is 0 Å². The molecular weight excluding hydrogens is 260 g/mol. The minimum atomic E-state index is -0.138. The average molecular weight is 270 g/mol. The molecule has 2 aromatic heterocycles. The number of nitrogens with zero attached hydrogens (tertiary/aromatic N) is 3. The highest BCUT2D eigenvalue weighted by Crippen LogP contribution is 2.17. The van der Waals surface area contributed by atoms with Gasteiger partial charge in [-0.05, 0) is 0 Å². The van der Waals surface area contributed by atoms with Crippen LogP contribution in [-0.2, 0) is 11.2 Å². The Labute approximate surface area is 106 Å². The molecule has 90 valence electrons. The van der Waals surface area contributed by atoms with E-state index in [1.807, 2.05) is 6.92 Å². The summed E-state index contributed by atoms with van der Waals surface area (Å²) in [5, 5.41) is 13.1. The smallest absolute Gasteiger partial charge is 0.277 e. The summed E-state index contributed by atoms with van der Waals surface area (Å²) in [5.41, 5.74) is 0. The zero-order valence-electron chi connectivity index (χ0n) is 9.04. The lowest BCUT2D eigenvalue weighted by molar-refractivity contribution is -0.113. The topological polar surface area (TPSA) is 80.9 Å². The van der Waals surface area contributed by atoms with E-state index in [4.69, 9.17) is 4.42 Å². The van der Waals surface area contributed by atoms with Crippen LogP contribution < -0.4 is 5.32 Å². The summed E-state index contributed by atoms with van der Waals surface area (Å²) >= 11 is 2.59. The molecular formula is C9H10N4O2S2. The van der Waals surface area contributed by atoms with Crippen LogP contribution in [0.4, 0.5) is 5.13 Å². The molecule has 17 heavy (non-hydrogen) atoms. The maximum absolute atomic E-state index is 11.5. The quantitative estimate of drug-likeness (QED) is 0.835. The van der Waals surface area contributed by atoms with E-state index < -0.39 is 0 Å². The number of hydrogen-bond donors (Lipinski definition) is 1. The Hall–Kier alpha value is -1.41. The fourth-order valence-electron chi connectivity index (χ4n) is 1.01. The van der Waals surface area contributed by atoms with Gasteiger partial charge < -0.3 is 9.73 Å². The van der Waals surface area contributed by atoms with Crippen molar-refractivity contribution in [3.8, 4) is 0 Å². The zero-order valence-corrected chi connectivity index (χ0v) is 10.7. The molecule has 0 atom stereocenters. The van der Waals surface area contributed by atoms with Gasteiger partial charge in [0, 0.05) is 18.0 Å². The summed E-state index contributed by atoms with van der Waals surface area (Å²) < 4.78 is 5.27. The first-order valence-corrected chi connectivity index (χ1v) is 6.79. The molecule has 6 nitrogen and oxygen atoms in total. The third-order valence-electron chi connectivity index (χ3n) is 1.76. The highest BCUT2D eigenvalue weighted by molar-refractivity contribution is 7.99. The number of aromatic nitrogens is 3. The Morgan fingerprint density at radius 1 is 1.59 bits per heavy atom. The van der Waals surface area contributed by atoms with Crippen LogP contribution in [0.15, 0.2) is 21.2 Å². The van der Waals surface area contributed by atoms with Crippen LogP contribution in [0, 0.1) is 0 Å². The van der Waals surface area contributed by atoms with E-state index in [0.29, 0.717) is 22.7 Å². The van der Waals surface area contributed by atoms with Crippen LogP contribution >= 0.6 is 23.1 Å². The first-order valence-electron chi connectivity index (χ1n) is 4.92. The summed E-state index contributed by atoms with van der Waals surface area (Å²) in [5.74, 6) is 0.666. The Balaban J connectivity index is 1.79. The number of rotatable bonds is 5. The number of carbonyl (C=O) groups excluding carboxylic acids is 1. The average Bonchev–Trinajstić information content (AvgIpc) is 2.96. The Kier molecular flexibility index (Phi) is 4.10. The predicted octanol–water partition coefficient (Wildman–Crippen LogP) is 1.82. The van der Waals surface area contributed by atoms with Gasteiger partial charge in [0.1, 0.15) is 0 Å². The maximum Gasteiger partial charge on any atom is 0.277 e. The van der Waals surface area contributed by atoms with Gasteiger partial charge in [0.05, 0.1) is 5.75 Å². The lowest BCUT2D eigenvalue weighted by Crippen LogP contribution is -2.13. The Morgan fingerprint density at radius 2 is 2.47 bits per heavy atom. The standard InChI is InChI=1S/C9H10N4O2S2/c1-2-7-12-13-9(15-7)17-5-6(14)11-8-10-3-4-16-8/h3-4H,2,5H2,1H3,(H,10,11,14). The van der Waals surface area contributed by atoms with Crippen LogP contribution in [0.5, 0.6) is 0 Å². The van der Waals surface area contributed by atoms with Crippen molar-refractivity contribution in [3.05, 3.63) is 17.5 Å². The number of thioether (sulfide) groups is 1. The molecule has 0 aliphatic heterocycles. The van der Waals surface area contributed by atoms with E-state index in [-0.39, 0.29) is 11.7 Å². The highest BCUT2D eigenvalue weighted by Gasteiger charge is 2.09. The van der Waals surface area contributed by atoms with Gasteiger partial charge in [-0.1, -0.05) is 18.7 Å². The predicted molar refractivity (Wildman–Crippen MR) is 65.1 cm³/mol. The summed E-state index contributed by atoms with van der Waals surface area (Å²) in [6.45, 7) is 1.93. The SMILES string of the molecule is CCc1nnc(SCC(=O)Nc2nccs2)o1. The van der Waals surface area contributed by atoms with Crippen molar-refractivity contribution in [1.29, 1.82) is 0 Å². The molecule has 0 bridgehead atoms. The van der Waals surface area contributed by atoms with E-state index >= 15 is 0 Å². The molecule has 0 saturated heterocycles. The number of amides is 1. The van der Waals surface area contributed by atoms with Crippen LogP contribution in [0.25, 0.3) is 0 Å². The number of aryl methyl sites for hydroxylation is 1. The van der Waals surface area contributed by atoms with E-state index in [0.717, 1.165) is 0 Å². The largest absolute Gasteiger partial charge is 0.416 e. The number of nitrogens with one attached hydrogen (secondary N) is 1. The number of anilines is 1. The van der Waals surface area contributed by atoms with Gasteiger partial charge in [0.25, 0.3) is 5.22 Å². The molecule has 8 heteroatoms. The van der Waals surface area contributed by atoms with Crippen molar-refractivity contribution < 1.29 is 9.21 Å². The third-order valence-corrected chi connectivity index (χ3v) is 3.26. The number of thiazole rings is 1. The lowest BCUT2D eigenvalue weighted by atomic mass is 10.5. The molecule has 2 heterocycles. The molecule has 0 aromatic carbocycles. The normalized spacial score (nSPS) is 10.4. The second kappa shape index (κ2) is 5.78. The Morgan fingerprint density at radius 3 is 3.12 bits per heavy atom. The van der Waals surface area contributed by atoms with Gasteiger partial charge in [-0.25, -0.2) is 4.98 Å². The van der Waals surface area contributed by atoms with Crippen molar-refractivity contribution in [3.63, 3.8) is 0 Å². The zero-order chi connectivity index (χ0) is 12.1. The molecule has 0 radical (unpaired) electrons. The van der Waals surface area contributed by atoms with E-state index in [2.05, 4.69) is 20.5 Å². The minimum absolute atomic E-state index is 0.138. The molecule has 2 aromatic rings. The highest BCUT2D eigenvalue weighted by atomic mass is 32.2. The maximum atomic E-state index is 11.5. The van der Waals surface area contributed by atoms with Gasteiger partial charge in [0.2, 0.25) is 11.8 Å². The fourth-order valence-corrected chi connectivity index (χ4v) is 2.13. The molecule has 0 aliphatic rings. The van der Waals surface area contributed by atoms with Crippen molar-refractivity contribution in [2.75, 3.05) is 11.1 Å². The van der Waals surface area contributed by atoms with Crippen LogP contribution in [-0.4, -0.2) is 26.8 Å². The van der Waals surface area contributed by atoms with E-state index in [9.17, 15) is 4.79 Å². The van der Waals surface area contributed by atoms with Crippen molar-refractivity contribution in [1.82, 2.24) is 15.2 Å². The molecule has 0 fully saturated rings. The van der Waals surface area contributed by atoms with Crippen molar-refractivity contribution in [2.45, 2.75) is 18.6 Å². The fraction of sp³-hybridized carbons (Fsp3) is 0.333. The molecule has 1 amide bonds. The van der Waals surface area contributed by atoms with Gasteiger partial charge in [0.15, 0.2) is 5.13 Å². The molecule has 2 rings (SSSR count). The second-order valence-electron chi connectivity index (χ2n) is 2.99. The van der Waals surface area contributed by atoms with E-state index in [1.165, 1.54) is 23.1 Å². The lowest BCUT2D eigenvalue weighted by Gasteiger charge is -1.98. The Bertz CT molecular complexity index is 483. The van der Waals surface area contributed by atoms with Crippen LogP contribution in [0.2, 0.25) is 0 Å². The van der Waals surface area contributed by atoms with Gasteiger partial charge in [-0.3, -0.25) is 4.79 Å². The minimum Gasteiger partial charge on any atom is -0.416 e. The first-order chi connectivity index (χ1) is 8.28. The summed E-state index contributed by atoms with van der Waals surface area (Å²) in [6, 6.07) is 0.